The number of aliphatic carboxylic acids is 1. The maximum absolute atomic E-state index is 13.0. The lowest BCUT2D eigenvalue weighted by molar-refractivity contribution is -0.146. The van der Waals surface area contributed by atoms with Gasteiger partial charge in [-0.25, -0.2) is 4.98 Å². The molecule has 0 radical (unpaired) electrons. The number of hydrogen-bond acceptors (Lipinski definition) is 7. The van der Waals surface area contributed by atoms with Crippen molar-refractivity contribution in [2.75, 3.05) is 19.5 Å². The summed E-state index contributed by atoms with van der Waals surface area (Å²) >= 11 is 3.17. The number of allylic oxidation sites excluding steroid dienone is 2. The highest BCUT2D eigenvalue weighted by molar-refractivity contribution is 8.00. The minimum Gasteiger partial charge on any atom is -0.497 e. The molecule has 3 aromatic rings. The van der Waals surface area contributed by atoms with E-state index in [1.807, 2.05) is 48.6 Å². The summed E-state index contributed by atoms with van der Waals surface area (Å²) in [6.45, 7) is 0. The van der Waals surface area contributed by atoms with Gasteiger partial charge in [0, 0.05) is 17.0 Å². The second-order valence-corrected chi connectivity index (χ2v) is 10.7. The van der Waals surface area contributed by atoms with Crippen LogP contribution in [0.25, 0.3) is 10.2 Å². The number of benzene rings is 2. The Morgan fingerprint density at radius 1 is 1.12 bits per heavy atom. The number of nitrogens with one attached hydrogen (secondary N) is 1. The van der Waals surface area contributed by atoms with Gasteiger partial charge in [-0.15, -0.1) is 11.3 Å². The molecule has 2 bridgehead atoms. The minimum atomic E-state index is -0.899. The number of amides is 1. The predicted octanol–water partition coefficient (Wildman–Crippen LogP) is 5.07. The first kappa shape index (κ1) is 22.7. The molecule has 34 heavy (non-hydrogen) atoms. The summed E-state index contributed by atoms with van der Waals surface area (Å²) in [4.78, 5) is 29.4. The van der Waals surface area contributed by atoms with Crippen molar-refractivity contribution in [3.05, 3.63) is 54.1 Å². The number of thioether (sulfide) groups is 1. The first-order valence-electron chi connectivity index (χ1n) is 10.9. The van der Waals surface area contributed by atoms with Crippen molar-refractivity contribution in [3.8, 4) is 11.5 Å². The molecular formula is C25H24N2O5S2. The highest BCUT2D eigenvalue weighted by Crippen LogP contribution is 2.48. The molecule has 2 aliphatic rings. The summed E-state index contributed by atoms with van der Waals surface area (Å²) in [6, 6.07) is 11.3. The molecule has 1 saturated carbocycles. The molecule has 0 saturated heterocycles. The van der Waals surface area contributed by atoms with Crippen LogP contribution in [0.2, 0.25) is 0 Å². The topological polar surface area (TPSA) is 97.8 Å². The third-order valence-electron chi connectivity index (χ3n) is 6.52. The maximum atomic E-state index is 13.0. The zero-order valence-electron chi connectivity index (χ0n) is 18.7. The monoisotopic (exact) mass is 496 g/mol. The van der Waals surface area contributed by atoms with Crippen LogP contribution in [0.4, 0.5) is 5.69 Å². The molecule has 176 valence electrons. The van der Waals surface area contributed by atoms with Crippen LogP contribution in [0.5, 0.6) is 11.5 Å². The molecule has 2 aromatic carbocycles. The van der Waals surface area contributed by atoms with E-state index in [0.717, 1.165) is 38.0 Å². The van der Waals surface area contributed by atoms with E-state index in [4.69, 9.17) is 14.5 Å². The van der Waals surface area contributed by atoms with Gasteiger partial charge >= 0.3 is 5.97 Å². The average Bonchev–Trinajstić information content (AvgIpc) is 3.56. The lowest BCUT2D eigenvalue weighted by atomic mass is 9.82. The van der Waals surface area contributed by atoms with Crippen LogP contribution in [0, 0.1) is 23.7 Å². The van der Waals surface area contributed by atoms with Crippen LogP contribution in [0.15, 0.2) is 52.9 Å². The Morgan fingerprint density at radius 2 is 1.91 bits per heavy atom. The second-order valence-electron chi connectivity index (χ2n) is 8.46. The maximum Gasteiger partial charge on any atom is 0.307 e. The number of carbonyl (C=O) groups is 2. The molecule has 1 fully saturated rings. The fourth-order valence-electron chi connectivity index (χ4n) is 4.92. The molecule has 2 aliphatic carbocycles. The Bertz CT molecular complexity index is 1290. The highest BCUT2D eigenvalue weighted by atomic mass is 32.2. The Kier molecular flexibility index (Phi) is 6.22. The molecule has 9 heteroatoms. The number of anilines is 1. The molecule has 0 unspecified atom stereocenters. The van der Waals surface area contributed by atoms with E-state index in [-0.39, 0.29) is 17.7 Å². The van der Waals surface area contributed by atoms with E-state index in [1.165, 1.54) is 0 Å². The standard InChI is InChI=1S/C25H24N2O5S2/c1-31-17-6-8-19(32-2)15(10-17)12-33-25-27-18-7-5-16(11-20(18)34-25)26-23(28)21-13-3-4-14(9-13)22(21)24(29)30/h3-8,10-11,13-14,21-22H,9,12H2,1-2H3,(H,26,28)(H,29,30)/t13-,14-,21+,22+/m0/s1. The number of ether oxygens (including phenoxy) is 2. The van der Waals surface area contributed by atoms with Crippen LogP contribution < -0.4 is 14.8 Å². The second kappa shape index (κ2) is 9.31. The van der Waals surface area contributed by atoms with Crippen LogP contribution in [0.1, 0.15) is 12.0 Å². The predicted molar refractivity (Wildman–Crippen MR) is 133 cm³/mol. The summed E-state index contributed by atoms with van der Waals surface area (Å²) in [5.41, 5.74) is 2.53. The van der Waals surface area contributed by atoms with Crippen molar-refractivity contribution in [1.29, 1.82) is 0 Å². The van der Waals surface area contributed by atoms with E-state index in [2.05, 4.69) is 5.32 Å². The average molecular weight is 497 g/mol. The molecule has 0 aliphatic heterocycles. The molecule has 7 nitrogen and oxygen atoms in total. The molecule has 0 spiro atoms. The minimum absolute atomic E-state index is 0.00478. The number of hydrogen-bond donors (Lipinski definition) is 2. The van der Waals surface area contributed by atoms with Crippen molar-refractivity contribution in [2.45, 2.75) is 16.5 Å². The van der Waals surface area contributed by atoms with Gasteiger partial charge in [-0.3, -0.25) is 9.59 Å². The smallest absolute Gasteiger partial charge is 0.307 e. The van der Waals surface area contributed by atoms with E-state index in [0.29, 0.717) is 11.4 Å². The highest BCUT2D eigenvalue weighted by Gasteiger charge is 2.51. The number of carbonyl (C=O) groups excluding carboxylic acids is 1. The number of thiazole rings is 1. The van der Waals surface area contributed by atoms with E-state index in [9.17, 15) is 14.7 Å². The fourth-order valence-corrected chi connectivity index (χ4v) is 7.00. The van der Waals surface area contributed by atoms with E-state index in [1.54, 1.807) is 37.3 Å². The van der Waals surface area contributed by atoms with Crippen molar-refractivity contribution in [1.82, 2.24) is 4.98 Å². The fraction of sp³-hybridized carbons (Fsp3) is 0.320. The molecule has 1 heterocycles. The summed E-state index contributed by atoms with van der Waals surface area (Å²) in [6.07, 6.45) is 4.67. The molecule has 1 amide bonds. The third-order valence-corrected chi connectivity index (χ3v) is 8.73. The van der Waals surface area contributed by atoms with Crippen LogP contribution in [-0.2, 0) is 15.3 Å². The number of carboxylic acids is 1. The van der Waals surface area contributed by atoms with Gasteiger partial charge in [0.25, 0.3) is 0 Å². The summed E-state index contributed by atoms with van der Waals surface area (Å²) in [5.74, 6) is -0.117. The molecule has 2 N–H and O–H groups in total. The molecule has 5 rings (SSSR count). The quantitative estimate of drug-likeness (QED) is 0.332. The number of aromatic nitrogens is 1. The summed E-state index contributed by atoms with van der Waals surface area (Å²) in [7, 11) is 3.29. The van der Waals surface area contributed by atoms with Gasteiger partial charge in [0.15, 0.2) is 4.34 Å². The number of carboxylic acid groups (broad SMARTS) is 1. The Morgan fingerprint density at radius 3 is 2.65 bits per heavy atom. The van der Waals surface area contributed by atoms with E-state index < -0.39 is 17.8 Å². The van der Waals surface area contributed by atoms with E-state index >= 15 is 0 Å². The van der Waals surface area contributed by atoms with Crippen molar-refractivity contribution in [3.63, 3.8) is 0 Å². The Labute approximate surface area is 205 Å². The van der Waals surface area contributed by atoms with Crippen LogP contribution in [0.3, 0.4) is 0 Å². The van der Waals surface area contributed by atoms with Crippen molar-refractivity contribution >= 4 is 50.9 Å². The van der Waals surface area contributed by atoms with Gasteiger partial charge in [-0.05, 0) is 54.7 Å². The number of methoxy groups -OCH3 is 2. The summed E-state index contributed by atoms with van der Waals surface area (Å²) in [5, 5.41) is 12.6. The SMILES string of the molecule is COc1ccc(OC)c(CSc2nc3ccc(NC(=O)[C@H]4[C@H](C(=O)O)[C@H]5C=C[C@H]4C5)cc3s2)c1. The van der Waals surface area contributed by atoms with Gasteiger partial charge in [-0.1, -0.05) is 23.9 Å². The lowest BCUT2D eigenvalue weighted by Gasteiger charge is -2.23. The third kappa shape index (κ3) is 4.25. The summed E-state index contributed by atoms with van der Waals surface area (Å²) < 4.78 is 12.7. The first-order valence-corrected chi connectivity index (χ1v) is 12.7. The molecular weight excluding hydrogens is 472 g/mol. The van der Waals surface area contributed by atoms with Crippen molar-refractivity contribution in [2.24, 2.45) is 23.7 Å². The van der Waals surface area contributed by atoms with Gasteiger partial charge in [0.05, 0.1) is 36.3 Å². The van der Waals surface area contributed by atoms with Gasteiger partial charge in [-0.2, -0.15) is 0 Å². The Balaban J connectivity index is 1.29. The van der Waals surface area contributed by atoms with Crippen LogP contribution >= 0.6 is 23.1 Å². The largest absolute Gasteiger partial charge is 0.497 e. The van der Waals surface area contributed by atoms with Crippen molar-refractivity contribution < 1.29 is 24.2 Å². The molecule has 4 atom stereocenters. The van der Waals surface area contributed by atoms with Gasteiger partial charge in [0.2, 0.25) is 5.91 Å². The first-order chi connectivity index (χ1) is 16.5. The molecule has 1 aromatic heterocycles. The Hall–Kier alpha value is -3.04. The lowest BCUT2D eigenvalue weighted by Crippen LogP contribution is -2.36. The van der Waals surface area contributed by atoms with Gasteiger partial charge < -0.3 is 19.9 Å². The zero-order valence-corrected chi connectivity index (χ0v) is 20.3. The number of fused-ring (bicyclic) bond motifs is 3. The van der Waals surface area contributed by atoms with Crippen LogP contribution in [-0.4, -0.2) is 36.2 Å². The normalized spacial score (nSPS) is 22.8. The number of rotatable bonds is 8. The zero-order chi connectivity index (χ0) is 23.8. The van der Waals surface area contributed by atoms with Gasteiger partial charge in [0.1, 0.15) is 11.5 Å². The number of nitrogens with zero attached hydrogens (tertiary/aromatic N) is 1.